The van der Waals surface area contributed by atoms with Crippen LogP contribution in [0.5, 0.6) is 5.75 Å². The second-order valence-corrected chi connectivity index (χ2v) is 5.68. The van der Waals surface area contributed by atoms with Crippen LogP contribution in [0.1, 0.15) is 18.1 Å². The Morgan fingerprint density at radius 2 is 2.21 bits per heavy atom. The summed E-state index contributed by atoms with van der Waals surface area (Å²) in [6.45, 7) is 6.68. The number of methoxy groups -OCH3 is 1. The van der Waals surface area contributed by atoms with Crippen LogP contribution in [0, 0.1) is 6.92 Å². The first-order chi connectivity index (χ1) is 11.1. The van der Waals surface area contributed by atoms with E-state index in [2.05, 4.69) is 10.6 Å². The highest BCUT2D eigenvalue weighted by molar-refractivity contribution is 5.85. The lowest BCUT2D eigenvalue weighted by Crippen LogP contribution is -2.55. The van der Waals surface area contributed by atoms with Crippen molar-refractivity contribution in [1.82, 2.24) is 10.6 Å². The highest BCUT2D eigenvalue weighted by Gasteiger charge is 2.28. The Bertz CT molecular complexity index is 527. The summed E-state index contributed by atoms with van der Waals surface area (Å²) >= 11 is 0. The molecule has 1 fully saturated rings. The summed E-state index contributed by atoms with van der Waals surface area (Å²) in [5.41, 5.74) is 2.06. The Morgan fingerprint density at radius 3 is 2.92 bits per heavy atom. The number of amides is 1. The van der Waals surface area contributed by atoms with Gasteiger partial charge < -0.3 is 24.8 Å². The van der Waals surface area contributed by atoms with Crippen LogP contribution in [-0.2, 0) is 20.8 Å². The first-order valence-electron chi connectivity index (χ1n) is 7.95. The molecular formula is C17H27ClN2O4. The van der Waals surface area contributed by atoms with Crippen LogP contribution >= 0.6 is 12.4 Å². The number of carbonyl (C=O) groups is 1. The van der Waals surface area contributed by atoms with Crippen molar-refractivity contribution in [2.45, 2.75) is 32.5 Å². The third kappa shape index (κ3) is 5.94. The lowest BCUT2D eigenvalue weighted by molar-refractivity contribution is -0.129. The monoisotopic (exact) mass is 358 g/mol. The molecular weight excluding hydrogens is 332 g/mol. The molecule has 136 valence electrons. The van der Waals surface area contributed by atoms with Crippen LogP contribution in [0.2, 0.25) is 0 Å². The van der Waals surface area contributed by atoms with Gasteiger partial charge in [-0.25, -0.2) is 0 Å². The van der Waals surface area contributed by atoms with Gasteiger partial charge in [0.2, 0.25) is 5.91 Å². The average molecular weight is 359 g/mol. The number of carbonyl (C=O) groups excluding carboxylic acids is 1. The Hall–Kier alpha value is -1.34. The number of aryl methyl sites for hydroxylation is 1. The van der Waals surface area contributed by atoms with Crippen molar-refractivity contribution in [2.24, 2.45) is 0 Å². The summed E-state index contributed by atoms with van der Waals surface area (Å²) in [5.74, 6) is 0.726. The summed E-state index contributed by atoms with van der Waals surface area (Å²) in [6.07, 6.45) is -0.126. The predicted octanol–water partition coefficient (Wildman–Crippen LogP) is 1.44. The van der Waals surface area contributed by atoms with Crippen molar-refractivity contribution in [2.75, 3.05) is 33.5 Å². The van der Waals surface area contributed by atoms with Crippen molar-refractivity contribution >= 4 is 18.3 Å². The van der Waals surface area contributed by atoms with Crippen LogP contribution < -0.4 is 15.4 Å². The van der Waals surface area contributed by atoms with Gasteiger partial charge in [-0.15, -0.1) is 12.4 Å². The Balaban J connectivity index is 0.00000288. The molecule has 2 rings (SSSR count). The smallest absolute Gasteiger partial charge is 0.240 e. The topological polar surface area (TPSA) is 68.8 Å². The summed E-state index contributed by atoms with van der Waals surface area (Å²) in [7, 11) is 1.64. The molecule has 7 heteroatoms. The first kappa shape index (κ1) is 20.7. The van der Waals surface area contributed by atoms with Crippen LogP contribution in [0.25, 0.3) is 0 Å². The lowest BCUT2D eigenvalue weighted by atomic mass is 10.1. The van der Waals surface area contributed by atoms with Crippen molar-refractivity contribution < 1.29 is 19.0 Å². The van der Waals surface area contributed by atoms with Gasteiger partial charge in [0.15, 0.2) is 0 Å². The highest BCUT2D eigenvalue weighted by atomic mass is 35.5. The molecule has 24 heavy (non-hydrogen) atoms. The minimum Gasteiger partial charge on any atom is -0.491 e. The number of hydrogen-bond donors (Lipinski definition) is 2. The molecule has 1 aromatic rings. The van der Waals surface area contributed by atoms with E-state index in [0.717, 1.165) is 16.9 Å². The van der Waals surface area contributed by atoms with E-state index < -0.39 is 0 Å². The van der Waals surface area contributed by atoms with E-state index in [1.807, 2.05) is 32.0 Å². The van der Waals surface area contributed by atoms with Gasteiger partial charge in [0.05, 0.1) is 19.3 Å². The maximum atomic E-state index is 12.3. The van der Waals surface area contributed by atoms with Gasteiger partial charge in [-0.2, -0.15) is 0 Å². The van der Waals surface area contributed by atoms with Crippen molar-refractivity contribution in [3.8, 4) is 5.75 Å². The van der Waals surface area contributed by atoms with Crippen molar-refractivity contribution in [3.05, 3.63) is 29.3 Å². The molecule has 2 atom stereocenters. The molecule has 0 aromatic heterocycles. The maximum Gasteiger partial charge on any atom is 0.240 e. The van der Waals surface area contributed by atoms with Gasteiger partial charge in [-0.3, -0.25) is 4.79 Å². The van der Waals surface area contributed by atoms with Gasteiger partial charge in [-0.1, -0.05) is 12.1 Å². The van der Waals surface area contributed by atoms with Crippen molar-refractivity contribution in [3.63, 3.8) is 0 Å². The third-order valence-corrected chi connectivity index (χ3v) is 3.82. The van der Waals surface area contributed by atoms with E-state index in [1.54, 1.807) is 7.11 Å². The summed E-state index contributed by atoms with van der Waals surface area (Å²) in [5, 5.41) is 6.14. The molecule has 1 aliphatic rings. The van der Waals surface area contributed by atoms with E-state index >= 15 is 0 Å². The molecule has 1 saturated heterocycles. The Kier molecular flexibility index (Phi) is 9.07. The van der Waals surface area contributed by atoms with Crippen LogP contribution in [0.15, 0.2) is 18.2 Å². The summed E-state index contributed by atoms with van der Waals surface area (Å²) < 4.78 is 16.3. The number of hydrogen-bond acceptors (Lipinski definition) is 5. The molecule has 1 amide bonds. The van der Waals surface area contributed by atoms with Gasteiger partial charge in [-0.05, 0) is 25.5 Å². The summed E-state index contributed by atoms with van der Waals surface area (Å²) in [6, 6.07) is 5.65. The average Bonchev–Trinajstić information content (AvgIpc) is 2.54. The fourth-order valence-corrected chi connectivity index (χ4v) is 2.50. The second kappa shape index (κ2) is 10.5. The zero-order chi connectivity index (χ0) is 16.7. The highest BCUT2D eigenvalue weighted by Crippen LogP contribution is 2.20. The van der Waals surface area contributed by atoms with Crippen LogP contribution in [0.4, 0.5) is 0 Å². The SMILES string of the molecule is COCCOc1cc(C)ccc1CNC(=O)[C@H]1NCCO[C@@H]1C.Cl. The number of halogens is 1. The minimum atomic E-state index is -0.313. The quantitative estimate of drug-likeness (QED) is 0.722. The fraction of sp³-hybridized carbons (Fsp3) is 0.588. The Labute approximate surface area is 149 Å². The van der Waals surface area contributed by atoms with E-state index in [1.165, 1.54) is 0 Å². The van der Waals surface area contributed by atoms with Crippen molar-refractivity contribution in [1.29, 1.82) is 0 Å². The normalized spacial score (nSPS) is 20.1. The predicted molar refractivity (Wildman–Crippen MR) is 94.8 cm³/mol. The molecule has 0 unspecified atom stereocenters. The molecule has 0 spiro atoms. The number of ether oxygens (including phenoxy) is 3. The molecule has 0 saturated carbocycles. The molecule has 6 nitrogen and oxygen atoms in total. The Morgan fingerprint density at radius 1 is 1.42 bits per heavy atom. The summed E-state index contributed by atoms with van der Waals surface area (Å²) in [4.78, 5) is 12.3. The number of morpholine rings is 1. The van der Waals surface area contributed by atoms with Gasteiger partial charge in [0.25, 0.3) is 0 Å². The largest absolute Gasteiger partial charge is 0.491 e. The van der Waals surface area contributed by atoms with E-state index in [-0.39, 0.29) is 30.5 Å². The standard InChI is InChI=1S/C17H26N2O4.ClH/c1-12-4-5-14(15(10-12)23-9-8-21-3)11-19-17(20)16-13(2)22-7-6-18-16;/h4-5,10,13,16,18H,6-9,11H2,1-3H3,(H,19,20);1H/t13-,16+;/m1./s1. The molecule has 1 heterocycles. The van der Waals surface area contributed by atoms with Gasteiger partial charge >= 0.3 is 0 Å². The fourth-order valence-electron chi connectivity index (χ4n) is 2.50. The van der Waals surface area contributed by atoms with Crippen LogP contribution in [0.3, 0.4) is 0 Å². The molecule has 0 aliphatic carbocycles. The number of nitrogens with one attached hydrogen (secondary N) is 2. The molecule has 1 aromatic carbocycles. The third-order valence-electron chi connectivity index (χ3n) is 3.82. The maximum absolute atomic E-state index is 12.3. The second-order valence-electron chi connectivity index (χ2n) is 5.68. The van der Waals surface area contributed by atoms with E-state index in [9.17, 15) is 4.79 Å². The molecule has 2 N–H and O–H groups in total. The number of benzene rings is 1. The lowest BCUT2D eigenvalue weighted by Gasteiger charge is -2.29. The van der Waals surface area contributed by atoms with E-state index in [0.29, 0.717) is 32.9 Å². The molecule has 1 aliphatic heterocycles. The van der Waals surface area contributed by atoms with Gasteiger partial charge in [0.1, 0.15) is 18.4 Å². The van der Waals surface area contributed by atoms with E-state index in [4.69, 9.17) is 14.2 Å². The van der Waals surface area contributed by atoms with Gasteiger partial charge in [0, 0.05) is 25.8 Å². The first-order valence-corrected chi connectivity index (χ1v) is 7.95. The number of rotatable bonds is 7. The zero-order valence-corrected chi connectivity index (χ0v) is 15.3. The molecule has 0 bridgehead atoms. The van der Waals surface area contributed by atoms with Crippen LogP contribution in [-0.4, -0.2) is 51.5 Å². The molecule has 0 radical (unpaired) electrons. The minimum absolute atomic E-state index is 0. The zero-order valence-electron chi connectivity index (χ0n) is 14.5.